The Balaban J connectivity index is 1.48. The summed E-state index contributed by atoms with van der Waals surface area (Å²) in [6.07, 6.45) is 1.32. The van der Waals surface area contributed by atoms with E-state index < -0.39 is 11.6 Å². The number of hydrogen-bond acceptors (Lipinski definition) is 2. The number of aromatic nitrogens is 1. The molecule has 5 heteroatoms. The molecule has 0 radical (unpaired) electrons. The van der Waals surface area contributed by atoms with Crippen LogP contribution in [0.2, 0.25) is 0 Å². The van der Waals surface area contributed by atoms with Crippen molar-refractivity contribution in [2.45, 2.75) is 38.3 Å². The molecule has 1 unspecified atom stereocenters. The van der Waals surface area contributed by atoms with Gasteiger partial charge in [0.05, 0.1) is 12.1 Å². The van der Waals surface area contributed by atoms with E-state index in [0.29, 0.717) is 13.0 Å². The molecule has 2 amide bonds. The van der Waals surface area contributed by atoms with Gasteiger partial charge in [0, 0.05) is 29.6 Å². The second-order valence-electron chi connectivity index (χ2n) is 8.56. The highest BCUT2D eigenvalue weighted by Crippen LogP contribution is 2.42. The monoisotopic (exact) mass is 387 g/mol. The SMILES string of the molecule is CC1(C)c2[nH]c3ccccc3c2CC2C(=O)N(CCc3ccccc3)CC(=O)N21. The number of piperazine rings is 1. The molecular formula is C24H25N3O2. The van der Waals surface area contributed by atoms with Crippen molar-refractivity contribution >= 4 is 22.7 Å². The fraction of sp³-hybridized carbons (Fsp3) is 0.333. The second kappa shape index (κ2) is 6.48. The van der Waals surface area contributed by atoms with E-state index in [1.807, 2.05) is 49.1 Å². The second-order valence-corrected chi connectivity index (χ2v) is 8.56. The van der Waals surface area contributed by atoms with Crippen LogP contribution < -0.4 is 0 Å². The molecule has 1 fully saturated rings. The van der Waals surface area contributed by atoms with Crippen LogP contribution in [-0.4, -0.2) is 45.7 Å². The first-order valence-corrected chi connectivity index (χ1v) is 10.2. The molecule has 3 heterocycles. The molecule has 29 heavy (non-hydrogen) atoms. The first kappa shape index (κ1) is 18.0. The van der Waals surface area contributed by atoms with Gasteiger partial charge in [-0.3, -0.25) is 9.59 Å². The van der Waals surface area contributed by atoms with Crippen molar-refractivity contribution in [1.29, 1.82) is 0 Å². The molecule has 1 saturated heterocycles. The highest BCUT2D eigenvalue weighted by molar-refractivity contribution is 5.97. The molecule has 1 aromatic heterocycles. The van der Waals surface area contributed by atoms with Crippen LogP contribution in [0.4, 0.5) is 0 Å². The van der Waals surface area contributed by atoms with Gasteiger partial charge in [0.2, 0.25) is 11.8 Å². The van der Waals surface area contributed by atoms with Crippen LogP contribution in [0.1, 0.15) is 30.7 Å². The van der Waals surface area contributed by atoms with Gasteiger partial charge in [-0.05, 0) is 37.5 Å². The van der Waals surface area contributed by atoms with Crippen LogP contribution >= 0.6 is 0 Å². The number of rotatable bonds is 3. The molecule has 5 nitrogen and oxygen atoms in total. The molecule has 0 aliphatic carbocycles. The van der Waals surface area contributed by atoms with Crippen molar-refractivity contribution in [3.63, 3.8) is 0 Å². The number of carbonyl (C=O) groups is 2. The standard InChI is InChI=1S/C24H25N3O2/c1-24(2)22-18(17-10-6-7-11-19(17)25-22)14-20-23(29)26(15-21(28)27(20)24)13-12-16-8-4-3-5-9-16/h3-11,20,25H,12-15H2,1-2H3. The summed E-state index contributed by atoms with van der Waals surface area (Å²) in [5.74, 6) is 0.0847. The van der Waals surface area contributed by atoms with Gasteiger partial charge in [-0.25, -0.2) is 0 Å². The number of hydrogen-bond donors (Lipinski definition) is 1. The van der Waals surface area contributed by atoms with Crippen LogP contribution in [0, 0.1) is 0 Å². The third kappa shape index (κ3) is 2.76. The Labute approximate surface area is 170 Å². The summed E-state index contributed by atoms with van der Waals surface area (Å²) in [4.78, 5) is 33.6. The summed E-state index contributed by atoms with van der Waals surface area (Å²) in [7, 11) is 0. The van der Waals surface area contributed by atoms with Gasteiger partial charge in [-0.15, -0.1) is 0 Å². The molecule has 2 aliphatic heterocycles. The Morgan fingerprint density at radius 3 is 2.55 bits per heavy atom. The highest BCUT2D eigenvalue weighted by atomic mass is 16.2. The van der Waals surface area contributed by atoms with Crippen molar-refractivity contribution in [3.05, 3.63) is 71.4 Å². The van der Waals surface area contributed by atoms with Crippen molar-refractivity contribution in [1.82, 2.24) is 14.8 Å². The first-order chi connectivity index (χ1) is 14.0. The Kier molecular flexibility index (Phi) is 4.02. The first-order valence-electron chi connectivity index (χ1n) is 10.2. The van der Waals surface area contributed by atoms with Gasteiger partial charge in [-0.1, -0.05) is 48.5 Å². The van der Waals surface area contributed by atoms with E-state index in [1.165, 1.54) is 5.56 Å². The Morgan fingerprint density at radius 1 is 1.03 bits per heavy atom. The largest absolute Gasteiger partial charge is 0.356 e. The number of para-hydroxylation sites is 1. The number of benzene rings is 2. The number of aromatic amines is 1. The number of amides is 2. The molecule has 5 rings (SSSR count). The van der Waals surface area contributed by atoms with Crippen LogP contribution in [0.5, 0.6) is 0 Å². The zero-order valence-electron chi connectivity index (χ0n) is 16.8. The minimum atomic E-state index is -0.546. The topological polar surface area (TPSA) is 56.4 Å². The Hall–Kier alpha value is -3.08. The van der Waals surface area contributed by atoms with E-state index in [-0.39, 0.29) is 18.4 Å². The maximum atomic E-state index is 13.4. The minimum Gasteiger partial charge on any atom is -0.356 e. The predicted octanol–water partition coefficient (Wildman–Crippen LogP) is 3.24. The fourth-order valence-electron chi connectivity index (χ4n) is 5.04. The molecular weight excluding hydrogens is 362 g/mol. The molecule has 1 atom stereocenters. The summed E-state index contributed by atoms with van der Waals surface area (Å²) < 4.78 is 0. The molecule has 0 saturated carbocycles. The summed E-state index contributed by atoms with van der Waals surface area (Å²) in [6, 6.07) is 17.9. The summed E-state index contributed by atoms with van der Waals surface area (Å²) in [5.41, 5.74) is 3.91. The van der Waals surface area contributed by atoms with E-state index in [9.17, 15) is 9.59 Å². The van der Waals surface area contributed by atoms with Crippen LogP contribution in [0.15, 0.2) is 54.6 Å². The normalized spacial score (nSPS) is 20.7. The van der Waals surface area contributed by atoms with Gasteiger partial charge in [-0.2, -0.15) is 0 Å². The maximum absolute atomic E-state index is 13.4. The molecule has 0 spiro atoms. The summed E-state index contributed by atoms with van der Waals surface area (Å²) in [5, 5.41) is 1.15. The van der Waals surface area contributed by atoms with Crippen molar-refractivity contribution < 1.29 is 9.59 Å². The van der Waals surface area contributed by atoms with Gasteiger partial charge >= 0.3 is 0 Å². The van der Waals surface area contributed by atoms with E-state index >= 15 is 0 Å². The number of fused-ring (bicyclic) bond motifs is 4. The van der Waals surface area contributed by atoms with Crippen LogP contribution in [-0.2, 0) is 28.0 Å². The lowest BCUT2D eigenvalue weighted by molar-refractivity contribution is -0.163. The lowest BCUT2D eigenvalue weighted by Gasteiger charge is -2.51. The molecule has 1 N–H and O–H groups in total. The summed E-state index contributed by atoms with van der Waals surface area (Å²) in [6.45, 7) is 4.80. The number of H-pyrrole nitrogens is 1. The zero-order valence-corrected chi connectivity index (χ0v) is 16.8. The van der Waals surface area contributed by atoms with Gasteiger partial charge < -0.3 is 14.8 Å². The fourth-order valence-corrected chi connectivity index (χ4v) is 5.04. The van der Waals surface area contributed by atoms with Gasteiger partial charge in [0.15, 0.2) is 0 Å². The molecule has 3 aromatic rings. The third-order valence-electron chi connectivity index (χ3n) is 6.44. The average molecular weight is 387 g/mol. The van der Waals surface area contributed by atoms with E-state index in [2.05, 4.69) is 29.2 Å². The van der Waals surface area contributed by atoms with Crippen molar-refractivity contribution in [2.24, 2.45) is 0 Å². The van der Waals surface area contributed by atoms with Crippen LogP contribution in [0.25, 0.3) is 10.9 Å². The average Bonchev–Trinajstić information content (AvgIpc) is 3.10. The Bertz CT molecular complexity index is 1100. The molecule has 2 aromatic carbocycles. The van der Waals surface area contributed by atoms with Gasteiger partial charge in [0.25, 0.3) is 0 Å². The highest BCUT2D eigenvalue weighted by Gasteiger charge is 2.51. The van der Waals surface area contributed by atoms with E-state index in [4.69, 9.17) is 0 Å². The third-order valence-corrected chi connectivity index (χ3v) is 6.44. The van der Waals surface area contributed by atoms with Crippen LogP contribution in [0.3, 0.4) is 0 Å². The molecule has 0 bridgehead atoms. The minimum absolute atomic E-state index is 0.0250. The van der Waals surface area contributed by atoms with Gasteiger partial charge in [0.1, 0.15) is 6.04 Å². The maximum Gasteiger partial charge on any atom is 0.246 e. The number of carbonyl (C=O) groups excluding carboxylic acids is 2. The predicted molar refractivity (Wildman–Crippen MR) is 112 cm³/mol. The van der Waals surface area contributed by atoms with E-state index in [0.717, 1.165) is 28.6 Å². The quantitative estimate of drug-likeness (QED) is 0.750. The number of nitrogens with zero attached hydrogens (tertiary/aromatic N) is 2. The molecule has 2 aliphatic rings. The lowest BCUT2D eigenvalue weighted by Crippen LogP contribution is -2.67. The zero-order chi connectivity index (χ0) is 20.2. The smallest absolute Gasteiger partial charge is 0.246 e. The van der Waals surface area contributed by atoms with Crippen molar-refractivity contribution in [2.75, 3.05) is 13.1 Å². The molecule has 148 valence electrons. The van der Waals surface area contributed by atoms with E-state index in [1.54, 1.807) is 4.90 Å². The van der Waals surface area contributed by atoms with Crippen molar-refractivity contribution in [3.8, 4) is 0 Å². The Morgan fingerprint density at radius 2 is 1.76 bits per heavy atom. The number of nitrogens with one attached hydrogen (secondary N) is 1. The summed E-state index contributed by atoms with van der Waals surface area (Å²) >= 11 is 0. The lowest BCUT2D eigenvalue weighted by atomic mass is 9.82.